The monoisotopic (exact) mass is 199 g/mol. The molecule has 1 aliphatic carbocycles. The summed E-state index contributed by atoms with van der Waals surface area (Å²) < 4.78 is 0. The van der Waals surface area contributed by atoms with Gasteiger partial charge in [0.15, 0.2) is 0 Å². The van der Waals surface area contributed by atoms with E-state index in [2.05, 4.69) is 56.1 Å². The molecule has 0 N–H and O–H groups in total. The highest BCUT2D eigenvalue weighted by Gasteiger charge is 2.33. The third kappa shape index (κ3) is 1.05. The van der Waals surface area contributed by atoms with Crippen molar-refractivity contribution in [2.75, 3.05) is 0 Å². The fourth-order valence-corrected chi connectivity index (χ4v) is 2.74. The van der Waals surface area contributed by atoms with E-state index in [4.69, 9.17) is 0 Å². The summed E-state index contributed by atoms with van der Waals surface area (Å²) in [5, 5.41) is 0.0332. The van der Waals surface area contributed by atoms with Gasteiger partial charge in [0, 0.05) is 15.3 Å². The van der Waals surface area contributed by atoms with E-state index in [1.807, 2.05) is 0 Å². The Morgan fingerprint density at radius 3 is 2.36 bits per heavy atom. The largest absolute Gasteiger partial charge is 0.0631 e. The molecule has 0 bridgehead atoms. The summed E-state index contributed by atoms with van der Waals surface area (Å²) in [6, 6.07) is 6.54. The Kier molecular flexibility index (Phi) is 1.97. The van der Waals surface area contributed by atoms with Gasteiger partial charge in [-0.05, 0) is 43.0 Å². The standard InChI is InChI=1S/C13H15Si/c1-8-6-5-7-11-12(8)9(2)10(3)13(11,4)14/h5-7H,1-4H3. The van der Waals surface area contributed by atoms with Crippen molar-refractivity contribution in [3.05, 3.63) is 40.5 Å². The number of hydrogen-bond donors (Lipinski definition) is 0. The summed E-state index contributed by atoms with van der Waals surface area (Å²) in [7, 11) is 3.88. The molecule has 1 aliphatic rings. The summed E-state index contributed by atoms with van der Waals surface area (Å²) in [6.45, 7) is 8.84. The second-order valence-electron chi connectivity index (χ2n) is 4.37. The molecule has 2 rings (SSSR count). The van der Waals surface area contributed by atoms with E-state index < -0.39 is 0 Å². The Bertz CT molecular complexity index is 425. The molecular formula is C13H15Si. The SMILES string of the molecule is CC1=C(C)C(C)([Si])c2cccc(C)c21. The number of aryl methyl sites for hydroxylation is 1. The van der Waals surface area contributed by atoms with Crippen molar-refractivity contribution in [3.63, 3.8) is 0 Å². The molecule has 3 radical (unpaired) electrons. The quantitative estimate of drug-likeness (QED) is 0.563. The van der Waals surface area contributed by atoms with Crippen molar-refractivity contribution in [2.24, 2.45) is 0 Å². The molecule has 0 aromatic heterocycles. The molecule has 1 aromatic rings. The molecule has 0 spiro atoms. The van der Waals surface area contributed by atoms with Gasteiger partial charge in [-0.15, -0.1) is 0 Å². The lowest BCUT2D eigenvalue weighted by atomic mass is 9.95. The zero-order valence-corrected chi connectivity index (χ0v) is 10.2. The Hall–Kier alpha value is -0.823. The molecule has 1 aromatic carbocycles. The topological polar surface area (TPSA) is 0 Å². The zero-order chi connectivity index (χ0) is 10.5. The highest BCUT2D eigenvalue weighted by atomic mass is 28.1. The van der Waals surface area contributed by atoms with E-state index in [0.717, 1.165) is 0 Å². The van der Waals surface area contributed by atoms with Crippen LogP contribution in [0.3, 0.4) is 0 Å². The van der Waals surface area contributed by atoms with Gasteiger partial charge in [-0.1, -0.05) is 30.7 Å². The molecule has 1 atom stereocenters. The van der Waals surface area contributed by atoms with Crippen molar-refractivity contribution >= 4 is 15.8 Å². The first-order valence-electron chi connectivity index (χ1n) is 4.99. The van der Waals surface area contributed by atoms with E-state index in [1.54, 1.807) is 0 Å². The predicted octanol–water partition coefficient (Wildman–Crippen LogP) is 3.19. The van der Waals surface area contributed by atoms with Gasteiger partial charge in [0.25, 0.3) is 0 Å². The molecule has 0 saturated heterocycles. The third-order valence-corrected chi connectivity index (χ3v) is 4.14. The fourth-order valence-electron chi connectivity index (χ4n) is 2.35. The molecule has 71 valence electrons. The van der Waals surface area contributed by atoms with E-state index in [0.29, 0.717) is 0 Å². The second kappa shape index (κ2) is 2.83. The van der Waals surface area contributed by atoms with Crippen LogP contribution in [0.2, 0.25) is 0 Å². The third-order valence-electron chi connectivity index (χ3n) is 3.50. The lowest BCUT2D eigenvalue weighted by Gasteiger charge is -2.22. The molecule has 1 unspecified atom stereocenters. The fraction of sp³-hybridized carbons (Fsp3) is 0.385. The van der Waals surface area contributed by atoms with Gasteiger partial charge in [0.2, 0.25) is 0 Å². The number of benzene rings is 1. The minimum absolute atomic E-state index is 0.0332. The zero-order valence-electron chi connectivity index (χ0n) is 9.23. The summed E-state index contributed by atoms with van der Waals surface area (Å²) in [4.78, 5) is 0. The number of rotatable bonds is 0. The number of fused-ring (bicyclic) bond motifs is 1. The van der Waals surface area contributed by atoms with Gasteiger partial charge in [-0.3, -0.25) is 0 Å². The average molecular weight is 199 g/mol. The van der Waals surface area contributed by atoms with Crippen LogP contribution in [-0.2, 0) is 5.04 Å². The van der Waals surface area contributed by atoms with Crippen LogP contribution in [0.5, 0.6) is 0 Å². The van der Waals surface area contributed by atoms with Gasteiger partial charge in [-0.25, -0.2) is 0 Å². The molecule has 14 heavy (non-hydrogen) atoms. The Labute approximate surface area is 89.5 Å². The van der Waals surface area contributed by atoms with E-state index in [-0.39, 0.29) is 5.04 Å². The van der Waals surface area contributed by atoms with Crippen LogP contribution >= 0.6 is 0 Å². The molecule has 0 heterocycles. The lowest BCUT2D eigenvalue weighted by Crippen LogP contribution is -2.20. The first kappa shape index (κ1) is 9.72. The van der Waals surface area contributed by atoms with Gasteiger partial charge >= 0.3 is 0 Å². The Morgan fingerprint density at radius 1 is 1.14 bits per heavy atom. The maximum atomic E-state index is 3.88. The highest BCUT2D eigenvalue weighted by molar-refractivity contribution is 6.20. The van der Waals surface area contributed by atoms with Gasteiger partial charge in [-0.2, -0.15) is 0 Å². The molecule has 0 aliphatic heterocycles. The normalized spacial score (nSPS) is 25.5. The summed E-state index contributed by atoms with van der Waals surface area (Å²) in [6.07, 6.45) is 0. The van der Waals surface area contributed by atoms with Crippen molar-refractivity contribution in [3.8, 4) is 0 Å². The van der Waals surface area contributed by atoms with Crippen molar-refractivity contribution < 1.29 is 0 Å². The summed E-state index contributed by atoms with van der Waals surface area (Å²) in [5.74, 6) is 0. The van der Waals surface area contributed by atoms with Crippen LogP contribution < -0.4 is 0 Å². The van der Waals surface area contributed by atoms with Crippen molar-refractivity contribution in [1.82, 2.24) is 0 Å². The van der Waals surface area contributed by atoms with Gasteiger partial charge in [0.05, 0.1) is 0 Å². The molecule has 0 saturated carbocycles. The predicted molar refractivity (Wildman–Crippen MR) is 62.6 cm³/mol. The van der Waals surface area contributed by atoms with Crippen LogP contribution in [0.4, 0.5) is 0 Å². The molecular weight excluding hydrogens is 184 g/mol. The first-order valence-corrected chi connectivity index (χ1v) is 5.49. The van der Waals surface area contributed by atoms with E-state index >= 15 is 0 Å². The minimum atomic E-state index is 0.0332. The minimum Gasteiger partial charge on any atom is -0.0631 e. The number of hydrogen-bond acceptors (Lipinski definition) is 0. The van der Waals surface area contributed by atoms with Crippen LogP contribution in [0.15, 0.2) is 23.8 Å². The average Bonchev–Trinajstić information content (AvgIpc) is 2.30. The van der Waals surface area contributed by atoms with E-state index in [1.165, 1.54) is 27.8 Å². The second-order valence-corrected chi connectivity index (χ2v) is 5.37. The van der Waals surface area contributed by atoms with Gasteiger partial charge < -0.3 is 0 Å². The first-order chi connectivity index (χ1) is 6.46. The lowest BCUT2D eigenvalue weighted by molar-refractivity contribution is 0.817. The maximum Gasteiger partial charge on any atom is 0.0436 e. The van der Waals surface area contributed by atoms with Crippen LogP contribution in [0.25, 0.3) is 5.57 Å². The summed E-state index contributed by atoms with van der Waals surface area (Å²) >= 11 is 0. The smallest absolute Gasteiger partial charge is 0.0436 e. The van der Waals surface area contributed by atoms with Crippen LogP contribution in [0, 0.1) is 6.92 Å². The van der Waals surface area contributed by atoms with Crippen LogP contribution in [-0.4, -0.2) is 10.2 Å². The number of allylic oxidation sites excluding steroid dienone is 2. The molecule has 0 nitrogen and oxygen atoms in total. The molecule has 0 amide bonds. The summed E-state index contributed by atoms with van der Waals surface area (Å²) in [5.41, 5.74) is 7.07. The van der Waals surface area contributed by atoms with Gasteiger partial charge in [0.1, 0.15) is 0 Å². The maximum absolute atomic E-state index is 3.88. The van der Waals surface area contributed by atoms with Crippen LogP contribution in [0.1, 0.15) is 37.5 Å². The Morgan fingerprint density at radius 2 is 1.79 bits per heavy atom. The Balaban J connectivity index is 2.80. The molecule has 1 heteroatoms. The van der Waals surface area contributed by atoms with E-state index in [9.17, 15) is 0 Å². The van der Waals surface area contributed by atoms with Crippen molar-refractivity contribution in [1.29, 1.82) is 0 Å². The van der Waals surface area contributed by atoms with Crippen molar-refractivity contribution in [2.45, 2.75) is 32.7 Å². The highest BCUT2D eigenvalue weighted by Crippen LogP contribution is 2.44. The molecule has 0 fully saturated rings.